The maximum Gasteiger partial charge on any atom is 0.258 e. The van der Waals surface area contributed by atoms with Gasteiger partial charge in [-0.05, 0) is 24.3 Å². The predicted molar refractivity (Wildman–Crippen MR) is 106 cm³/mol. The quantitative estimate of drug-likeness (QED) is 0.648. The van der Waals surface area contributed by atoms with E-state index in [9.17, 15) is 4.79 Å². The van der Waals surface area contributed by atoms with Gasteiger partial charge in [0.05, 0.1) is 26.9 Å². The Morgan fingerprint density at radius 2 is 1.61 bits per heavy atom. The van der Waals surface area contributed by atoms with Crippen molar-refractivity contribution >= 4 is 23.2 Å². The Morgan fingerprint density at radius 1 is 0.857 bits per heavy atom. The zero-order chi connectivity index (χ0) is 19.9. The van der Waals surface area contributed by atoms with Crippen LogP contribution < -0.4 is 24.8 Å². The van der Waals surface area contributed by atoms with Crippen molar-refractivity contribution in [3.63, 3.8) is 0 Å². The number of benzene rings is 2. The average molecular weight is 380 g/mol. The number of aromatic nitrogens is 2. The molecular weight excluding hydrogens is 360 g/mol. The largest absolute Gasteiger partial charge is 0.497 e. The predicted octanol–water partition coefficient (Wildman–Crippen LogP) is 3.50. The number of anilines is 3. The Bertz CT molecular complexity index is 961. The molecule has 2 N–H and O–H groups in total. The second-order valence-electron chi connectivity index (χ2n) is 5.68. The van der Waals surface area contributed by atoms with Gasteiger partial charge in [-0.3, -0.25) is 4.79 Å². The second kappa shape index (κ2) is 8.72. The number of hydrogen-bond donors (Lipinski definition) is 2. The molecule has 0 fully saturated rings. The van der Waals surface area contributed by atoms with Gasteiger partial charge in [0.25, 0.3) is 5.91 Å². The number of carbonyl (C=O) groups is 1. The maximum atomic E-state index is 12.4. The van der Waals surface area contributed by atoms with Gasteiger partial charge in [-0.25, -0.2) is 9.97 Å². The summed E-state index contributed by atoms with van der Waals surface area (Å²) in [6.45, 7) is 0. The third-order valence-electron chi connectivity index (χ3n) is 3.88. The molecular formula is C20H20N4O4. The average Bonchev–Trinajstić information content (AvgIpc) is 2.74. The SMILES string of the molecule is COc1cccc(Nc2ncc(C(=O)Nc3ccc(OC)c(OC)c3)cn2)c1. The third kappa shape index (κ3) is 4.47. The number of carbonyl (C=O) groups excluding carboxylic acids is 1. The van der Waals surface area contributed by atoms with Gasteiger partial charge in [0.15, 0.2) is 11.5 Å². The standard InChI is InChI=1S/C20H20N4O4/c1-26-16-6-4-5-14(9-16)24-20-21-11-13(12-22-20)19(25)23-15-7-8-17(27-2)18(10-15)28-3/h4-12H,1-3H3,(H,23,25)(H,21,22,24). The minimum absolute atomic E-state index is 0.325. The lowest BCUT2D eigenvalue weighted by atomic mass is 10.2. The van der Waals surface area contributed by atoms with Crippen LogP contribution in [0.2, 0.25) is 0 Å². The topological polar surface area (TPSA) is 94.6 Å². The molecule has 0 atom stereocenters. The van der Waals surface area contributed by atoms with Crippen LogP contribution in [0, 0.1) is 0 Å². The van der Waals surface area contributed by atoms with E-state index in [-0.39, 0.29) is 5.91 Å². The zero-order valence-corrected chi connectivity index (χ0v) is 15.7. The van der Waals surface area contributed by atoms with Crippen LogP contribution in [-0.2, 0) is 0 Å². The normalized spacial score (nSPS) is 10.1. The molecule has 0 aliphatic heterocycles. The lowest BCUT2D eigenvalue weighted by Gasteiger charge is -2.11. The molecule has 2 aromatic carbocycles. The van der Waals surface area contributed by atoms with Crippen LogP contribution in [-0.4, -0.2) is 37.2 Å². The van der Waals surface area contributed by atoms with Crippen LogP contribution in [0.5, 0.6) is 17.2 Å². The monoisotopic (exact) mass is 380 g/mol. The molecule has 3 aromatic rings. The molecule has 3 rings (SSSR count). The number of nitrogens with one attached hydrogen (secondary N) is 2. The zero-order valence-electron chi connectivity index (χ0n) is 15.7. The molecule has 0 radical (unpaired) electrons. The first-order chi connectivity index (χ1) is 13.6. The van der Waals surface area contributed by atoms with Crippen molar-refractivity contribution in [1.29, 1.82) is 0 Å². The molecule has 1 amide bonds. The van der Waals surface area contributed by atoms with Crippen LogP contribution in [0.15, 0.2) is 54.9 Å². The van der Waals surface area contributed by atoms with Crippen LogP contribution >= 0.6 is 0 Å². The Balaban J connectivity index is 1.68. The Morgan fingerprint density at radius 3 is 2.29 bits per heavy atom. The highest BCUT2D eigenvalue weighted by Crippen LogP contribution is 2.29. The first-order valence-corrected chi connectivity index (χ1v) is 8.39. The van der Waals surface area contributed by atoms with E-state index in [2.05, 4.69) is 20.6 Å². The number of methoxy groups -OCH3 is 3. The molecule has 1 aromatic heterocycles. The number of ether oxygens (including phenoxy) is 3. The number of hydrogen-bond acceptors (Lipinski definition) is 7. The molecule has 1 heterocycles. The van der Waals surface area contributed by atoms with E-state index in [4.69, 9.17) is 14.2 Å². The molecule has 0 saturated heterocycles. The summed E-state index contributed by atoms with van der Waals surface area (Å²) in [4.78, 5) is 20.8. The van der Waals surface area contributed by atoms with Gasteiger partial charge in [-0.15, -0.1) is 0 Å². The van der Waals surface area contributed by atoms with Crippen LogP contribution in [0.3, 0.4) is 0 Å². The fourth-order valence-corrected chi connectivity index (χ4v) is 2.46. The Labute approximate surface area is 162 Å². The van der Waals surface area contributed by atoms with E-state index in [1.54, 1.807) is 32.4 Å². The molecule has 0 bridgehead atoms. The van der Waals surface area contributed by atoms with Gasteiger partial charge < -0.3 is 24.8 Å². The first kappa shape index (κ1) is 19.0. The molecule has 8 nitrogen and oxygen atoms in total. The van der Waals surface area contributed by atoms with Gasteiger partial charge in [0.1, 0.15) is 5.75 Å². The summed E-state index contributed by atoms with van der Waals surface area (Å²) in [6.07, 6.45) is 2.90. The molecule has 0 spiro atoms. The lowest BCUT2D eigenvalue weighted by Crippen LogP contribution is -2.13. The van der Waals surface area contributed by atoms with E-state index in [0.29, 0.717) is 28.7 Å². The van der Waals surface area contributed by atoms with Crippen molar-refractivity contribution in [3.05, 3.63) is 60.4 Å². The van der Waals surface area contributed by atoms with Crippen molar-refractivity contribution in [2.45, 2.75) is 0 Å². The summed E-state index contributed by atoms with van der Waals surface area (Å²) in [5.41, 5.74) is 1.68. The van der Waals surface area contributed by atoms with Crippen LogP contribution in [0.25, 0.3) is 0 Å². The van der Waals surface area contributed by atoms with Crippen molar-refractivity contribution in [3.8, 4) is 17.2 Å². The first-order valence-electron chi connectivity index (χ1n) is 8.39. The highest BCUT2D eigenvalue weighted by atomic mass is 16.5. The van der Waals surface area contributed by atoms with Crippen molar-refractivity contribution in [1.82, 2.24) is 9.97 Å². The van der Waals surface area contributed by atoms with Crippen molar-refractivity contribution < 1.29 is 19.0 Å². The third-order valence-corrected chi connectivity index (χ3v) is 3.88. The summed E-state index contributed by atoms with van der Waals surface area (Å²) < 4.78 is 15.6. The smallest absolute Gasteiger partial charge is 0.258 e. The van der Waals surface area contributed by atoms with Crippen molar-refractivity contribution in [2.75, 3.05) is 32.0 Å². The van der Waals surface area contributed by atoms with Gasteiger partial charge in [-0.1, -0.05) is 6.07 Å². The summed E-state index contributed by atoms with van der Waals surface area (Å²) in [6, 6.07) is 12.5. The number of amides is 1. The van der Waals surface area contributed by atoms with E-state index in [1.807, 2.05) is 24.3 Å². The highest BCUT2D eigenvalue weighted by Gasteiger charge is 2.10. The molecule has 0 saturated carbocycles. The molecule has 0 aliphatic rings. The van der Waals surface area contributed by atoms with E-state index in [0.717, 1.165) is 11.4 Å². The highest BCUT2D eigenvalue weighted by molar-refractivity contribution is 6.04. The summed E-state index contributed by atoms with van der Waals surface area (Å²) in [5, 5.41) is 5.83. The molecule has 8 heteroatoms. The molecule has 0 unspecified atom stereocenters. The second-order valence-corrected chi connectivity index (χ2v) is 5.68. The minimum Gasteiger partial charge on any atom is -0.497 e. The van der Waals surface area contributed by atoms with Crippen LogP contribution in [0.1, 0.15) is 10.4 Å². The maximum absolute atomic E-state index is 12.4. The van der Waals surface area contributed by atoms with Gasteiger partial charge in [0, 0.05) is 35.9 Å². The summed E-state index contributed by atoms with van der Waals surface area (Å²) in [5.74, 6) is 1.86. The van der Waals surface area contributed by atoms with Gasteiger partial charge >= 0.3 is 0 Å². The summed E-state index contributed by atoms with van der Waals surface area (Å²) >= 11 is 0. The van der Waals surface area contributed by atoms with Gasteiger partial charge in [-0.2, -0.15) is 0 Å². The molecule has 0 aliphatic carbocycles. The fourth-order valence-electron chi connectivity index (χ4n) is 2.46. The van der Waals surface area contributed by atoms with Crippen LogP contribution in [0.4, 0.5) is 17.3 Å². The Hall–Kier alpha value is -3.81. The summed E-state index contributed by atoms with van der Waals surface area (Å²) in [7, 11) is 4.68. The van der Waals surface area contributed by atoms with E-state index >= 15 is 0 Å². The lowest BCUT2D eigenvalue weighted by molar-refractivity contribution is 0.102. The number of rotatable bonds is 7. The van der Waals surface area contributed by atoms with E-state index in [1.165, 1.54) is 19.5 Å². The number of nitrogens with zero attached hydrogens (tertiary/aromatic N) is 2. The van der Waals surface area contributed by atoms with E-state index < -0.39 is 0 Å². The minimum atomic E-state index is -0.333. The Kier molecular flexibility index (Phi) is 5.91. The molecule has 144 valence electrons. The molecule has 28 heavy (non-hydrogen) atoms. The van der Waals surface area contributed by atoms with Gasteiger partial charge in [0.2, 0.25) is 5.95 Å². The fraction of sp³-hybridized carbons (Fsp3) is 0.150. The van der Waals surface area contributed by atoms with Crippen molar-refractivity contribution in [2.24, 2.45) is 0 Å².